The molecular formula is C31H33NO5. The number of ether oxygens (including phenoxy) is 2. The number of benzene rings is 3. The van der Waals surface area contributed by atoms with Crippen LogP contribution in [0.15, 0.2) is 78.4 Å². The third-order valence-corrected chi connectivity index (χ3v) is 6.78. The minimum atomic E-state index is -0.702. The lowest BCUT2D eigenvalue weighted by atomic mass is 9.93. The van der Waals surface area contributed by atoms with Crippen LogP contribution in [0, 0.1) is 6.92 Å². The molecule has 4 rings (SSSR count). The Bertz CT molecular complexity index is 1290. The standard InChI is InChI=1S/C31H33NO5/c1-20(2)22-9-11-23(12-10-22)28-27(30(34)31(35)32(28)17-18-36-4)29(33)24-13-15-26(16-14-24)37-19-25-8-6-5-7-21(25)3/h5-16,20,28,33H,17-19H2,1-4H3. The van der Waals surface area contributed by atoms with Gasteiger partial charge in [0.1, 0.15) is 18.1 Å². The second-order valence-corrected chi connectivity index (χ2v) is 9.55. The molecule has 1 N–H and O–H groups in total. The Morgan fingerprint density at radius 1 is 0.973 bits per heavy atom. The molecule has 3 aromatic rings. The molecule has 0 bridgehead atoms. The fourth-order valence-electron chi connectivity index (χ4n) is 4.51. The summed E-state index contributed by atoms with van der Waals surface area (Å²) in [7, 11) is 1.55. The highest BCUT2D eigenvalue weighted by atomic mass is 16.5. The molecule has 1 aliphatic heterocycles. The highest BCUT2D eigenvalue weighted by Crippen LogP contribution is 2.39. The topological polar surface area (TPSA) is 76.1 Å². The van der Waals surface area contributed by atoms with Crippen LogP contribution in [0.4, 0.5) is 0 Å². The van der Waals surface area contributed by atoms with Crippen LogP contribution in [0.25, 0.3) is 5.76 Å². The number of hydrogen-bond donors (Lipinski definition) is 1. The van der Waals surface area contributed by atoms with Crippen molar-refractivity contribution < 1.29 is 24.2 Å². The van der Waals surface area contributed by atoms with Gasteiger partial charge in [0.2, 0.25) is 0 Å². The zero-order chi connectivity index (χ0) is 26.5. The summed E-state index contributed by atoms with van der Waals surface area (Å²) < 4.78 is 11.1. The van der Waals surface area contributed by atoms with Gasteiger partial charge in [0, 0.05) is 19.2 Å². The summed E-state index contributed by atoms with van der Waals surface area (Å²) in [6.45, 7) is 7.19. The van der Waals surface area contributed by atoms with Crippen LogP contribution in [-0.4, -0.2) is 42.0 Å². The molecule has 1 atom stereocenters. The van der Waals surface area contributed by atoms with Crippen molar-refractivity contribution in [1.82, 2.24) is 4.90 Å². The molecule has 0 aliphatic carbocycles. The van der Waals surface area contributed by atoms with Crippen molar-refractivity contribution in [3.05, 3.63) is 106 Å². The molecule has 1 heterocycles. The number of likely N-dealkylation sites (tertiary alicyclic amines) is 1. The third kappa shape index (κ3) is 5.59. The zero-order valence-corrected chi connectivity index (χ0v) is 21.7. The van der Waals surface area contributed by atoms with Gasteiger partial charge < -0.3 is 19.5 Å². The SMILES string of the molecule is COCCN1C(=O)C(=O)C(=C(O)c2ccc(OCc3ccccc3C)cc2)C1c1ccc(C(C)C)cc1. The maximum absolute atomic E-state index is 13.1. The molecule has 6 heteroatoms. The van der Waals surface area contributed by atoms with Crippen LogP contribution >= 0.6 is 0 Å². The van der Waals surface area contributed by atoms with Gasteiger partial charge in [0.15, 0.2) is 0 Å². The maximum Gasteiger partial charge on any atom is 0.295 e. The second kappa shape index (κ2) is 11.4. The number of Topliss-reactive ketones (excluding diaryl/α,β-unsaturated/α-hetero) is 1. The monoisotopic (exact) mass is 499 g/mol. The summed E-state index contributed by atoms with van der Waals surface area (Å²) in [4.78, 5) is 27.6. The Balaban J connectivity index is 1.65. The van der Waals surface area contributed by atoms with E-state index in [4.69, 9.17) is 9.47 Å². The van der Waals surface area contributed by atoms with Gasteiger partial charge in [0.25, 0.3) is 11.7 Å². The molecular weight excluding hydrogens is 466 g/mol. The number of nitrogens with zero attached hydrogens (tertiary/aromatic N) is 1. The van der Waals surface area contributed by atoms with E-state index in [1.165, 1.54) is 4.90 Å². The molecule has 1 saturated heterocycles. The van der Waals surface area contributed by atoms with Crippen LogP contribution in [0.5, 0.6) is 5.75 Å². The Kier molecular flexibility index (Phi) is 8.09. The molecule has 0 spiro atoms. The van der Waals surface area contributed by atoms with Gasteiger partial charge in [-0.05, 0) is 59.4 Å². The average molecular weight is 500 g/mol. The van der Waals surface area contributed by atoms with Crippen molar-refractivity contribution in [2.24, 2.45) is 0 Å². The number of hydrogen-bond acceptors (Lipinski definition) is 5. The van der Waals surface area contributed by atoms with Crippen LogP contribution in [-0.2, 0) is 20.9 Å². The van der Waals surface area contributed by atoms with E-state index in [0.717, 1.165) is 22.3 Å². The Morgan fingerprint density at radius 3 is 2.27 bits per heavy atom. The normalized spacial score (nSPS) is 17.0. The molecule has 6 nitrogen and oxygen atoms in total. The number of aliphatic hydroxyl groups is 1. The fraction of sp³-hybridized carbons (Fsp3) is 0.290. The lowest BCUT2D eigenvalue weighted by molar-refractivity contribution is -0.140. The first-order valence-electron chi connectivity index (χ1n) is 12.5. The predicted molar refractivity (Wildman–Crippen MR) is 143 cm³/mol. The first-order chi connectivity index (χ1) is 17.8. The minimum absolute atomic E-state index is 0.0759. The minimum Gasteiger partial charge on any atom is -0.507 e. The van der Waals surface area contributed by atoms with Crippen molar-refractivity contribution in [2.75, 3.05) is 20.3 Å². The van der Waals surface area contributed by atoms with E-state index in [2.05, 4.69) is 13.8 Å². The molecule has 37 heavy (non-hydrogen) atoms. The van der Waals surface area contributed by atoms with Crippen LogP contribution < -0.4 is 4.74 Å². The number of carbonyl (C=O) groups is 2. The molecule has 0 aromatic heterocycles. The quantitative estimate of drug-likeness (QED) is 0.230. The number of carbonyl (C=O) groups excluding carboxylic acids is 2. The highest BCUT2D eigenvalue weighted by molar-refractivity contribution is 6.46. The lowest BCUT2D eigenvalue weighted by Crippen LogP contribution is -2.32. The van der Waals surface area contributed by atoms with Gasteiger partial charge in [-0.1, -0.05) is 62.4 Å². The highest BCUT2D eigenvalue weighted by Gasteiger charge is 2.45. The predicted octanol–water partition coefficient (Wildman–Crippen LogP) is 5.77. The number of amides is 1. The largest absolute Gasteiger partial charge is 0.507 e. The first-order valence-corrected chi connectivity index (χ1v) is 12.5. The third-order valence-electron chi connectivity index (χ3n) is 6.78. The summed E-state index contributed by atoms with van der Waals surface area (Å²) in [6.07, 6.45) is 0. The van der Waals surface area contributed by atoms with E-state index in [1.54, 1.807) is 31.4 Å². The van der Waals surface area contributed by atoms with Crippen molar-refractivity contribution in [2.45, 2.75) is 39.3 Å². The smallest absolute Gasteiger partial charge is 0.295 e. The molecule has 0 saturated carbocycles. The van der Waals surface area contributed by atoms with Crippen molar-refractivity contribution in [3.8, 4) is 5.75 Å². The van der Waals surface area contributed by atoms with Crippen LogP contribution in [0.2, 0.25) is 0 Å². The summed E-state index contributed by atoms with van der Waals surface area (Å²) >= 11 is 0. The first kappa shape index (κ1) is 26.2. The molecule has 3 aromatic carbocycles. The van der Waals surface area contributed by atoms with E-state index >= 15 is 0 Å². The number of aliphatic hydroxyl groups excluding tert-OH is 1. The molecule has 0 radical (unpaired) electrons. The summed E-state index contributed by atoms with van der Waals surface area (Å²) in [5.74, 6) is -0.565. The second-order valence-electron chi connectivity index (χ2n) is 9.55. The van der Waals surface area contributed by atoms with Gasteiger partial charge >= 0.3 is 0 Å². The number of aryl methyl sites for hydroxylation is 1. The Morgan fingerprint density at radius 2 is 1.65 bits per heavy atom. The van der Waals surface area contributed by atoms with Crippen LogP contribution in [0.3, 0.4) is 0 Å². The maximum atomic E-state index is 13.1. The zero-order valence-electron chi connectivity index (χ0n) is 21.7. The molecule has 1 unspecified atom stereocenters. The Labute approximate surface area is 218 Å². The number of ketones is 1. The number of methoxy groups -OCH3 is 1. The van der Waals surface area contributed by atoms with Gasteiger partial charge in [-0.15, -0.1) is 0 Å². The average Bonchev–Trinajstić information content (AvgIpc) is 3.16. The van der Waals surface area contributed by atoms with Gasteiger partial charge in [-0.25, -0.2) is 0 Å². The lowest BCUT2D eigenvalue weighted by Gasteiger charge is -2.25. The van der Waals surface area contributed by atoms with E-state index in [-0.39, 0.29) is 24.5 Å². The molecule has 1 fully saturated rings. The fourth-order valence-corrected chi connectivity index (χ4v) is 4.51. The molecule has 1 aliphatic rings. The summed E-state index contributed by atoms with van der Waals surface area (Å²) in [6, 6.07) is 22.0. The Hall–Kier alpha value is -3.90. The van der Waals surface area contributed by atoms with Gasteiger partial charge in [-0.3, -0.25) is 9.59 Å². The molecule has 192 valence electrons. The van der Waals surface area contributed by atoms with Gasteiger partial charge in [0.05, 0.1) is 18.2 Å². The molecule has 1 amide bonds. The van der Waals surface area contributed by atoms with Gasteiger partial charge in [-0.2, -0.15) is 0 Å². The van der Waals surface area contributed by atoms with Crippen molar-refractivity contribution in [1.29, 1.82) is 0 Å². The van der Waals surface area contributed by atoms with E-state index in [0.29, 0.717) is 23.8 Å². The number of rotatable bonds is 9. The van der Waals surface area contributed by atoms with Crippen LogP contribution in [0.1, 0.15) is 53.6 Å². The summed E-state index contributed by atoms with van der Waals surface area (Å²) in [5.41, 5.74) is 4.67. The van der Waals surface area contributed by atoms with Crippen molar-refractivity contribution in [3.63, 3.8) is 0 Å². The van der Waals surface area contributed by atoms with E-state index in [9.17, 15) is 14.7 Å². The van der Waals surface area contributed by atoms with Crippen molar-refractivity contribution >= 4 is 17.4 Å². The van der Waals surface area contributed by atoms with E-state index < -0.39 is 17.7 Å². The van der Waals surface area contributed by atoms with E-state index in [1.807, 2.05) is 55.5 Å². The summed E-state index contributed by atoms with van der Waals surface area (Å²) in [5, 5.41) is 11.3.